The zero-order valence-electron chi connectivity index (χ0n) is 5.50. The van der Waals surface area contributed by atoms with Crippen LogP contribution in [0, 0.1) is 0 Å². The Bertz CT molecular complexity index is 162. The molecule has 0 amide bonds. The van der Waals surface area contributed by atoms with Crippen LogP contribution in [-0.4, -0.2) is 22.9 Å². The Hall–Kier alpha value is -0.180. The molecule has 0 bridgehead atoms. The number of alkyl halides is 1. The Balaban J connectivity index is 2.70. The van der Waals surface area contributed by atoms with Crippen LogP contribution in [0.15, 0.2) is 9.98 Å². The Morgan fingerprint density at radius 1 is 1.67 bits per heavy atom. The van der Waals surface area contributed by atoms with E-state index in [1.54, 1.807) is 0 Å². The van der Waals surface area contributed by atoms with E-state index < -0.39 is 0 Å². The van der Waals surface area contributed by atoms with Crippen LogP contribution in [-0.2, 0) is 0 Å². The molecule has 0 aromatic carbocycles. The molecular weight excluding hydrogens is 180 g/mol. The lowest BCUT2D eigenvalue weighted by molar-refractivity contribution is 0.796. The first-order valence-electron chi connectivity index (χ1n) is 2.93. The molecule has 1 aliphatic heterocycles. The van der Waals surface area contributed by atoms with Gasteiger partial charge in [-0.15, -0.1) is 0 Å². The highest BCUT2D eigenvalue weighted by molar-refractivity contribution is 9.10. The maximum Gasteiger partial charge on any atom is 0.120 e. The number of halogens is 1. The molecule has 0 N–H and O–H groups in total. The summed E-state index contributed by atoms with van der Waals surface area (Å²) >= 11 is 3.42. The monoisotopic (exact) mass is 188 g/mol. The average Bonchev–Trinajstić information content (AvgIpc) is 1.80. The van der Waals surface area contributed by atoms with Crippen molar-refractivity contribution < 1.29 is 0 Å². The number of rotatable bonds is 0. The number of hydrogen-bond acceptors (Lipinski definition) is 2. The van der Waals surface area contributed by atoms with Crippen molar-refractivity contribution in [1.29, 1.82) is 0 Å². The Kier molecular flexibility index (Phi) is 2.01. The van der Waals surface area contributed by atoms with Crippen molar-refractivity contribution in [3.05, 3.63) is 0 Å². The summed E-state index contributed by atoms with van der Waals surface area (Å²) in [6, 6.07) is 0.336. The molecule has 3 heteroatoms. The van der Waals surface area contributed by atoms with Crippen LogP contribution >= 0.6 is 15.9 Å². The van der Waals surface area contributed by atoms with E-state index in [0.717, 1.165) is 5.84 Å². The van der Waals surface area contributed by atoms with Crippen LogP contribution in [0.25, 0.3) is 0 Å². The van der Waals surface area contributed by atoms with Crippen molar-refractivity contribution in [1.82, 2.24) is 0 Å². The first kappa shape index (κ1) is 6.93. The van der Waals surface area contributed by atoms with Crippen molar-refractivity contribution in [2.75, 3.05) is 0 Å². The fourth-order valence-corrected chi connectivity index (χ4v) is 0.939. The molecule has 2 atom stereocenters. The number of hydrogen-bond donors (Lipinski definition) is 0. The second kappa shape index (κ2) is 2.60. The average molecular weight is 189 g/mol. The maximum absolute atomic E-state index is 4.24. The molecule has 1 heterocycles. The Morgan fingerprint density at radius 3 is 2.78 bits per heavy atom. The molecule has 50 valence electrons. The predicted molar refractivity (Wildman–Crippen MR) is 43.8 cm³/mol. The van der Waals surface area contributed by atoms with Gasteiger partial charge in [-0.2, -0.15) is 0 Å². The number of amidine groups is 1. The van der Waals surface area contributed by atoms with E-state index >= 15 is 0 Å². The minimum absolute atomic E-state index is 0.321. The van der Waals surface area contributed by atoms with Crippen LogP contribution in [0.5, 0.6) is 0 Å². The van der Waals surface area contributed by atoms with Gasteiger partial charge in [0.05, 0.1) is 10.9 Å². The first-order valence-corrected chi connectivity index (χ1v) is 3.84. The second-order valence-corrected chi connectivity index (χ2v) is 3.20. The number of aliphatic imine (C=N–C) groups is 2. The topological polar surface area (TPSA) is 24.7 Å². The van der Waals surface area contributed by atoms with Crippen LogP contribution < -0.4 is 0 Å². The predicted octanol–water partition coefficient (Wildman–Crippen LogP) is 1.64. The third-order valence-corrected chi connectivity index (χ3v) is 2.26. The quantitative estimate of drug-likeness (QED) is 0.517. The molecule has 1 aliphatic rings. The summed E-state index contributed by atoms with van der Waals surface area (Å²) in [5.41, 5.74) is 0. The van der Waals surface area contributed by atoms with E-state index in [1.165, 1.54) is 0 Å². The van der Waals surface area contributed by atoms with E-state index in [9.17, 15) is 0 Å². The van der Waals surface area contributed by atoms with Gasteiger partial charge in [0.15, 0.2) is 0 Å². The van der Waals surface area contributed by atoms with Crippen LogP contribution in [0.3, 0.4) is 0 Å². The van der Waals surface area contributed by atoms with Gasteiger partial charge in [-0.3, -0.25) is 4.99 Å². The molecule has 0 aromatic heterocycles. The third-order valence-electron chi connectivity index (χ3n) is 1.26. The van der Waals surface area contributed by atoms with Crippen molar-refractivity contribution in [2.24, 2.45) is 9.98 Å². The lowest BCUT2D eigenvalue weighted by Crippen LogP contribution is -2.21. The second-order valence-electron chi connectivity index (χ2n) is 2.14. The fourth-order valence-electron chi connectivity index (χ4n) is 0.703. The summed E-state index contributed by atoms with van der Waals surface area (Å²) in [6.07, 6.45) is 1.88. The first-order chi connectivity index (χ1) is 4.20. The van der Waals surface area contributed by atoms with Crippen LogP contribution in [0.1, 0.15) is 13.8 Å². The summed E-state index contributed by atoms with van der Waals surface area (Å²) in [4.78, 5) is 8.60. The van der Waals surface area contributed by atoms with Gasteiger partial charge in [0.25, 0.3) is 0 Å². The fraction of sp³-hybridized carbons (Fsp3) is 0.667. The van der Waals surface area contributed by atoms with E-state index in [4.69, 9.17) is 0 Å². The zero-order valence-corrected chi connectivity index (χ0v) is 7.09. The van der Waals surface area contributed by atoms with E-state index in [2.05, 4.69) is 32.8 Å². The van der Waals surface area contributed by atoms with Crippen molar-refractivity contribution in [3.63, 3.8) is 0 Å². The molecule has 0 fully saturated rings. The molecule has 0 radical (unpaired) electrons. The molecule has 1 rings (SSSR count). The lowest BCUT2D eigenvalue weighted by atomic mass is 10.2. The Morgan fingerprint density at radius 2 is 2.33 bits per heavy atom. The molecule has 0 aliphatic carbocycles. The lowest BCUT2D eigenvalue weighted by Gasteiger charge is -2.13. The number of nitrogens with zero attached hydrogens (tertiary/aromatic N) is 2. The highest BCUT2D eigenvalue weighted by Gasteiger charge is 2.13. The molecule has 2 nitrogen and oxygen atoms in total. The largest absolute Gasteiger partial charge is 0.266 e. The third kappa shape index (κ3) is 1.61. The van der Waals surface area contributed by atoms with Gasteiger partial charge in [0.2, 0.25) is 0 Å². The highest BCUT2D eigenvalue weighted by Crippen LogP contribution is 2.10. The SMILES string of the molecule is CC1=NC(C)C(Br)C=N1. The standard InChI is InChI=1S/C6H9BrN2/c1-4-6(7)3-8-5(2)9-4/h3-4,6H,1-2H3. The van der Waals surface area contributed by atoms with Gasteiger partial charge in [0, 0.05) is 6.21 Å². The maximum atomic E-state index is 4.24. The normalized spacial score (nSPS) is 34.3. The minimum atomic E-state index is 0.321. The molecule has 0 spiro atoms. The minimum Gasteiger partial charge on any atom is -0.266 e. The van der Waals surface area contributed by atoms with Crippen LogP contribution in [0.2, 0.25) is 0 Å². The van der Waals surface area contributed by atoms with Crippen LogP contribution in [0.4, 0.5) is 0 Å². The molecule has 9 heavy (non-hydrogen) atoms. The zero-order chi connectivity index (χ0) is 6.85. The van der Waals surface area contributed by atoms with Gasteiger partial charge in [0.1, 0.15) is 5.84 Å². The summed E-state index contributed by atoms with van der Waals surface area (Å²) in [7, 11) is 0. The smallest absolute Gasteiger partial charge is 0.120 e. The summed E-state index contributed by atoms with van der Waals surface area (Å²) < 4.78 is 0. The van der Waals surface area contributed by atoms with Gasteiger partial charge in [-0.25, -0.2) is 4.99 Å². The summed E-state index contributed by atoms with van der Waals surface area (Å²) in [5, 5.41) is 0. The molecule has 0 saturated heterocycles. The molecular formula is C6H9BrN2. The van der Waals surface area contributed by atoms with E-state index in [1.807, 2.05) is 13.1 Å². The van der Waals surface area contributed by atoms with Crippen molar-refractivity contribution in [2.45, 2.75) is 24.7 Å². The van der Waals surface area contributed by atoms with E-state index in [0.29, 0.717) is 10.9 Å². The van der Waals surface area contributed by atoms with Gasteiger partial charge in [-0.1, -0.05) is 15.9 Å². The van der Waals surface area contributed by atoms with Gasteiger partial charge in [-0.05, 0) is 13.8 Å². The van der Waals surface area contributed by atoms with Crippen molar-refractivity contribution in [3.8, 4) is 0 Å². The molecule has 2 unspecified atom stereocenters. The van der Waals surface area contributed by atoms with Crippen molar-refractivity contribution >= 4 is 28.0 Å². The highest BCUT2D eigenvalue weighted by atomic mass is 79.9. The van der Waals surface area contributed by atoms with E-state index in [-0.39, 0.29) is 0 Å². The summed E-state index contributed by atoms with van der Waals surface area (Å²) in [5.74, 6) is 0.873. The van der Waals surface area contributed by atoms with Gasteiger partial charge < -0.3 is 0 Å². The summed E-state index contributed by atoms with van der Waals surface area (Å²) in [6.45, 7) is 3.97. The Labute approximate surface area is 63.2 Å². The molecule has 0 saturated carbocycles. The van der Waals surface area contributed by atoms with Gasteiger partial charge >= 0.3 is 0 Å². The molecule has 0 aromatic rings.